The molecular formula is C25H37NOS. The number of thiazole rings is 1. The van der Waals surface area contributed by atoms with E-state index in [2.05, 4.69) is 24.1 Å². The number of ketones is 1. The third-order valence-electron chi connectivity index (χ3n) is 5.20. The number of hydrogen-bond donors (Lipinski definition) is 0. The number of Topliss-reactive ketones (excluding diaryl/α,β-unsaturated/α-hetero) is 1. The van der Waals surface area contributed by atoms with Gasteiger partial charge in [0.05, 0.1) is 10.2 Å². The van der Waals surface area contributed by atoms with E-state index in [9.17, 15) is 4.79 Å². The lowest BCUT2D eigenvalue weighted by Gasteiger charge is -2.00. The number of fused-ring (bicyclic) bond motifs is 1. The Morgan fingerprint density at radius 3 is 2.14 bits per heavy atom. The van der Waals surface area contributed by atoms with Gasteiger partial charge in [-0.1, -0.05) is 82.6 Å². The van der Waals surface area contributed by atoms with Crippen molar-refractivity contribution in [1.82, 2.24) is 4.98 Å². The molecule has 154 valence electrons. The Morgan fingerprint density at radius 1 is 0.857 bits per heavy atom. The first-order chi connectivity index (χ1) is 13.8. The summed E-state index contributed by atoms with van der Waals surface area (Å²) in [5.41, 5.74) is 0.945. The second kappa shape index (κ2) is 14.5. The molecular weight excluding hydrogens is 362 g/mol. The average molecular weight is 400 g/mol. The SMILES string of the molecule is CCCCCCCC/C=C/CCCCCCCC(=O)c1nc2ccccc2s1. The number of unbranched alkanes of at least 4 members (excludes halogenated alkanes) is 11. The maximum Gasteiger partial charge on any atom is 0.191 e. The topological polar surface area (TPSA) is 30.0 Å². The Bertz CT molecular complexity index is 670. The molecule has 0 amide bonds. The number of carbonyl (C=O) groups excluding carboxylic acids is 1. The van der Waals surface area contributed by atoms with Gasteiger partial charge in [-0.2, -0.15) is 0 Å². The highest BCUT2D eigenvalue weighted by Crippen LogP contribution is 2.23. The summed E-state index contributed by atoms with van der Waals surface area (Å²) in [5.74, 6) is 0.207. The number of allylic oxidation sites excluding steroid dienone is 2. The van der Waals surface area contributed by atoms with Crippen LogP contribution in [0.15, 0.2) is 36.4 Å². The van der Waals surface area contributed by atoms with E-state index in [0.29, 0.717) is 11.4 Å². The van der Waals surface area contributed by atoms with Crippen LogP contribution in [0.2, 0.25) is 0 Å². The smallest absolute Gasteiger partial charge is 0.191 e. The van der Waals surface area contributed by atoms with Crippen molar-refractivity contribution in [3.63, 3.8) is 0 Å². The van der Waals surface area contributed by atoms with Gasteiger partial charge in [-0.05, 0) is 44.2 Å². The molecule has 28 heavy (non-hydrogen) atoms. The largest absolute Gasteiger partial charge is 0.292 e. The Labute approximate surface area is 175 Å². The lowest BCUT2D eigenvalue weighted by Crippen LogP contribution is -1.97. The van der Waals surface area contributed by atoms with Gasteiger partial charge < -0.3 is 0 Å². The highest BCUT2D eigenvalue weighted by molar-refractivity contribution is 7.20. The van der Waals surface area contributed by atoms with Crippen molar-refractivity contribution in [2.75, 3.05) is 0 Å². The third kappa shape index (κ3) is 9.14. The minimum Gasteiger partial charge on any atom is -0.292 e. The highest BCUT2D eigenvalue weighted by Gasteiger charge is 2.11. The lowest BCUT2D eigenvalue weighted by molar-refractivity contribution is 0.0979. The van der Waals surface area contributed by atoms with Crippen molar-refractivity contribution in [1.29, 1.82) is 0 Å². The van der Waals surface area contributed by atoms with Crippen LogP contribution < -0.4 is 0 Å². The van der Waals surface area contributed by atoms with Crippen LogP contribution >= 0.6 is 11.3 Å². The summed E-state index contributed by atoms with van der Waals surface area (Å²) in [6, 6.07) is 7.98. The summed E-state index contributed by atoms with van der Waals surface area (Å²) >= 11 is 1.52. The monoisotopic (exact) mass is 399 g/mol. The molecule has 2 rings (SSSR count). The molecule has 0 aliphatic carbocycles. The van der Waals surface area contributed by atoms with E-state index < -0.39 is 0 Å². The van der Waals surface area contributed by atoms with E-state index in [4.69, 9.17) is 0 Å². The van der Waals surface area contributed by atoms with E-state index in [0.717, 1.165) is 23.1 Å². The molecule has 0 radical (unpaired) electrons. The van der Waals surface area contributed by atoms with Crippen LogP contribution in [-0.2, 0) is 0 Å². The predicted octanol–water partition coefficient (Wildman–Crippen LogP) is 8.52. The average Bonchev–Trinajstić information content (AvgIpc) is 3.15. The summed E-state index contributed by atoms with van der Waals surface area (Å²) in [4.78, 5) is 16.7. The van der Waals surface area contributed by atoms with Crippen LogP contribution in [0.1, 0.15) is 107 Å². The van der Waals surface area contributed by atoms with E-state index in [1.807, 2.05) is 24.3 Å². The van der Waals surface area contributed by atoms with Crippen molar-refractivity contribution in [2.24, 2.45) is 0 Å². The molecule has 1 aromatic carbocycles. The predicted molar refractivity (Wildman–Crippen MR) is 123 cm³/mol. The Balaban J connectivity index is 1.42. The fourth-order valence-electron chi connectivity index (χ4n) is 3.45. The van der Waals surface area contributed by atoms with E-state index in [1.165, 1.54) is 82.0 Å². The lowest BCUT2D eigenvalue weighted by atomic mass is 10.1. The first-order valence-corrected chi connectivity index (χ1v) is 12.2. The minimum absolute atomic E-state index is 0.207. The quantitative estimate of drug-likeness (QED) is 0.161. The van der Waals surface area contributed by atoms with Crippen LogP contribution in [0.4, 0.5) is 0 Å². The van der Waals surface area contributed by atoms with Crippen LogP contribution in [0, 0.1) is 0 Å². The molecule has 3 heteroatoms. The van der Waals surface area contributed by atoms with Gasteiger partial charge in [0, 0.05) is 6.42 Å². The van der Waals surface area contributed by atoms with Crippen molar-refractivity contribution in [3.05, 3.63) is 41.4 Å². The molecule has 0 N–H and O–H groups in total. The molecule has 0 aliphatic rings. The number of carbonyl (C=O) groups is 1. The summed E-state index contributed by atoms with van der Waals surface area (Å²) < 4.78 is 1.11. The van der Waals surface area contributed by atoms with Crippen molar-refractivity contribution in [3.8, 4) is 0 Å². The normalized spacial score (nSPS) is 11.6. The molecule has 0 spiro atoms. The molecule has 0 saturated carbocycles. The van der Waals surface area contributed by atoms with Gasteiger partial charge in [0.15, 0.2) is 10.8 Å². The van der Waals surface area contributed by atoms with Gasteiger partial charge in [-0.15, -0.1) is 11.3 Å². The van der Waals surface area contributed by atoms with Crippen LogP contribution in [0.25, 0.3) is 10.2 Å². The van der Waals surface area contributed by atoms with Crippen LogP contribution in [0.3, 0.4) is 0 Å². The molecule has 0 fully saturated rings. The van der Waals surface area contributed by atoms with Crippen LogP contribution in [-0.4, -0.2) is 10.8 Å². The summed E-state index contributed by atoms with van der Waals surface area (Å²) in [6.45, 7) is 2.27. The van der Waals surface area contributed by atoms with Gasteiger partial charge in [-0.3, -0.25) is 4.79 Å². The zero-order valence-electron chi connectivity index (χ0n) is 17.6. The zero-order chi connectivity index (χ0) is 19.9. The molecule has 2 nitrogen and oxygen atoms in total. The number of para-hydroxylation sites is 1. The highest BCUT2D eigenvalue weighted by atomic mass is 32.1. The molecule has 0 unspecified atom stereocenters. The van der Waals surface area contributed by atoms with Crippen molar-refractivity contribution >= 4 is 27.3 Å². The second-order valence-corrected chi connectivity index (χ2v) is 8.77. The molecule has 2 aromatic rings. The zero-order valence-corrected chi connectivity index (χ0v) is 18.4. The van der Waals surface area contributed by atoms with Gasteiger partial charge >= 0.3 is 0 Å². The van der Waals surface area contributed by atoms with Gasteiger partial charge in [0.1, 0.15) is 0 Å². The molecule has 0 atom stereocenters. The van der Waals surface area contributed by atoms with Gasteiger partial charge in [0.2, 0.25) is 0 Å². The van der Waals surface area contributed by atoms with E-state index in [-0.39, 0.29) is 5.78 Å². The van der Waals surface area contributed by atoms with E-state index >= 15 is 0 Å². The Hall–Kier alpha value is -1.48. The first-order valence-electron chi connectivity index (χ1n) is 11.3. The minimum atomic E-state index is 0.207. The van der Waals surface area contributed by atoms with Crippen molar-refractivity contribution < 1.29 is 4.79 Å². The van der Waals surface area contributed by atoms with Crippen molar-refractivity contribution in [2.45, 2.75) is 96.8 Å². The summed E-state index contributed by atoms with van der Waals surface area (Å²) in [7, 11) is 0. The molecule has 1 heterocycles. The number of rotatable bonds is 16. The van der Waals surface area contributed by atoms with Gasteiger partial charge in [-0.25, -0.2) is 4.98 Å². The molecule has 0 saturated heterocycles. The van der Waals surface area contributed by atoms with E-state index in [1.54, 1.807) is 0 Å². The maximum atomic E-state index is 12.3. The fraction of sp³-hybridized carbons (Fsp3) is 0.600. The number of nitrogens with zero attached hydrogens (tertiary/aromatic N) is 1. The Kier molecular flexibility index (Phi) is 11.8. The van der Waals surface area contributed by atoms with Crippen LogP contribution in [0.5, 0.6) is 0 Å². The molecule has 0 bridgehead atoms. The summed E-state index contributed by atoms with van der Waals surface area (Å²) in [6.07, 6.45) is 22.0. The molecule has 1 aromatic heterocycles. The number of benzene rings is 1. The number of aromatic nitrogens is 1. The first kappa shape index (κ1) is 22.8. The number of hydrogen-bond acceptors (Lipinski definition) is 3. The second-order valence-electron chi connectivity index (χ2n) is 7.74. The fourth-order valence-corrected chi connectivity index (χ4v) is 4.39. The van der Waals surface area contributed by atoms with Gasteiger partial charge in [0.25, 0.3) is 0 Å². The Morgan fingerprint density at radius 2 is 1.46 bits per heavy atom. The standard InChI is InChI=1S/C25H37NOS/c1-2-3-4-5-6-7-8-9-10-11-12-13-14-15-16-20-23(27)25-26-22-19-17-18-21-24(22)28-25/h9-10,17-19,21H,2-8,11-16,20H2,1H3/b10-9+. The third-order valence-corrected chi connectivity index (χ3v) is 6.28. The summed E-state index contributed by atoms with van der Waals surface area (Å²) in [5, 5.41) is 0.678. The molecule has 0 aliphatic heterocycles. The maximum absolute atomic E-state index is 12.3.